The number of aromatic nitrogens is 1. The molecule has 0 bridgehead atoms. The summed E-state index contributed by atoms with van der Waals surface area (Å²) in [5.41, 5.74) is 2.24. The van der Waals surface area contributed by atoms with Crippen LogP contribution in [0.2, 0.25) is 0 Å². The first-order valence-corrected chi connectivity index (χ1v) is 8.84. The number of methoxy groups -OCH3 is 1. The number of halogens is 2. The van der Waals surface area contributed by atoms with E-state index in [1.807, 2.05) is 25.1 Å². The number of hydrogen-bond acceptors (Lipinski definition) is 4. The summed E-state index contributed by atoms with van der Waals surface area (Å²) in [6.07, 6.45) is 0. The van der Waals surface area contributed by atoms with Crippen LogP contribution in [0.3, 0.4) is 0 Å². The van der Waals surface area contributed by atoms with E-state index in [4.69, 9.17) is 4.74 Å². The summed E-state index contributed by atoms with van der Waals surface area (Å²) in [6.45, 7) is 5.47. The van der Waals surface area contributed by atoms with Crippen LogP contribution in [0.25, 0.3) is 0 Å². The minimum absolute atomic E-state index is 0. The number of benzene rings is 1. The Bertz CT molecular complexity index is 686. The molecule has 132 valence electrons. The van der Waals surface area contributed by atoms with Crippen LogP contribution in [-0.4, -0.2) is 25.1 Å². The summed E-state index contributed by atoms with van der Waals surface area (Å²) in [6, 6.07) is 6.00. The van der Waals surface area contributed by atoms with Crippen LogP contribution >= 0.6 is 51.2 Å². The molecule has 0 saturated heterocycles. The van der Waals surface area contributed by atoms with Crippen molar-refractivity contribution in [2.75, 3.05) is 14.2 Å². The number of ether oxygens (including phenoxy) is 1. The maximum atomic E-state index is 5.24. The van der Waals surface area contributed by atoms with E-state index >= 15 is 0 Å². The van der Waals surface area contributed by atoms with Gasteiger partial charge in [0.15, 0.2) is 5.96 Å². The molecule has 0 radical (unpaired) electrons. The quantitative estimate of drug-likeness (QED) is 0.352. The van der Waals surface area contributed by atoms with Gasteiger partial charge in [0, 0.05) is 18.5 Å². The molecular weight excluding hydrogens is 503 g/mol. The molecule has 8 heteroatoms. The van der Waals surface area contributed by atoms with Gasteiger partial charge in [-0.1, -0.05) is 6.07 Å². The van der Waals surface area contributed by atoms with Gasteiger partial charge in [0.25, 0.3) is 0 Å². The second-order valence-electron chi connectivity index (χ2n) is 5.00. The van der Waals surface area contributed by atoms with E-state index in [2.05, 4.69) is 43.5 Å². The number of guanidine groups is 1. The van der Waals surface area contributed by atoms with Crippen molar-refractivity contribution in [1.82, 2.24) is 15.6 Å². The Hall–Kier alpha value is -0.870. The van der Waals surface area contributed by atoms with E-state index in [9.17, 15) is 0 Å². The van der Waals surface area contributed by atoms with Crippen LogP contribution in [0.15, 0.2) is 27.7 Å². The number of nitrogens with one attached hydrogen (secondary N) is 2. The third kappa shape index (κ3) is 5.89. The smallest absolute Gasteiger partial charge is 0.191 e. The number of hydrogen-bond donors (Lipinski definition) is 2. The zero-order valence-corrected chi connectivity index (χ0v) is 18.9. The monoisotopic (exact) mass is 524 g/mol. The molecule has 2 rings (SSSR count). The maximum Gasteiger partial charge on any atom is 0.191 e. The van der Waals surface area contributed by atoms with E-state index in [1.165, 1.54) is 4.88 Å². The van der Waals surface area contributed by atoms with Crippen molar-refractivity contribution >= 4 is 57.2 Å². The van der Waals surface area contributed by atoms with Gasteiger partial charge in [-0.05, 0) is 47.5 Å². The molecule has 0 aliphatic carbocycles. The molecule has 1 aromatic heterocycles. The lowest BCUT2D eigenvalue weighted by Crippen LogP contribution is -2.36. The van der Waals surface area contributed by atoms with E-state index in [0.717, 1.165) is 32.4 Å². The largest absolute Gasteiger partial charge is 0.496 e. The molecule has 2 N–H and O–H groups in total. The number of aryl methyl sites for hydroxylation is 2. The predicted molar refractivity (Wildman–Crippen MR) is 115 cm³/mol. The van der Waals surface area contributed by atoms with E-state index in [1.54, 1.807) is 25.5 Å². The van der Waals surface area contributed by atoms with Gasteiger partial charge in [0.1, 0.15) is 10.8 Å². The molecular formula is C16H22BrIN4OS. The van der Waals surface area contributed by atoms with Crippen molar-refractivity contribution in [3.8, 4) is 5.75 Å². The fourth-order valence-electron chi connectivity index (χ4n) is 2.00. The van der Waals surface area contributed by atoms with Gasteiger partial charge in [0.05, 0.1) is 23.8 Å². The second-order valence-corrected chi connectivity index (χ2v) is 7.14. The minimum atomic E-state index is 0. The van der Waals surface area contributed by atoms with Crippen molar-refractivity contribution in [1.29, 1.82) is 0 Å². The lowest BCUT2D eigenvalue weighted by atomic mass is 10.2. The standard InChI is InChI=1S/C16H21BrN4OS.HI/c1-10-11(2)23-15(21-10)9-20-16(18-3)19-8-12-5-6-14(22-4)13(17)7-12;/h5-7H,8-9H2,1-4H3,(H2,18,19,20);1H. The molecule has 0 spiro atoms. The van der Waals surface area contributed by atoms with Gasteiger partial charge in [0.2, 0.25) is 0 Å². The molecule has 0 atom stereocenters. The molecule has 0 saturated carbocycles. The molecule has 0 aliphatic heterocycles. The Labute approximate surface area is 172 Å². The van der Waals surface area contributed by atoms with Crippen LogP contribution in [-0.2, 0) is 13.1 Å². The molecule has 1 aromatic carbocycles. The Morgan fingerprint density at radius 1 is 1.29 bits per heavy atom. The van der Waals surface area contributed by atoms with Crippen LogP contribution in [0.4, 0.5) is 0 Å². The van der Waals surface area contributed by atoms with Gasteiger partial charge in [-0.2, -0.15) is 0 Å². The third-order valence-electron chi connectivity index (χ3n) is 3.38. The number of aliphatic imine (C=N–C) groups is 1. The Kier molecular flexibility index (Phi) is 8.99. The van der Waals surface area contributed by atoms with Gasteiger partial charge < -0.3 is 15.4 Å². The Morgan fingerprint density at radius 3 is 2.54 bits per heavy atom. The average molecular weight is 525 g/mol. The summed E-state index contributed by atoms with van der Waals surface area (Å²) in [4.78, 5) is 10.0. The number of rotatable bonds is 5. The lowest BCUT2D eigenvalue weighted by molar-refractivity contribution is 0.412. The first kappa shape index (κ1) is 21.2. The molecule has 24 heavy (non-hydrogen) atoms. The zero-order chi connectivity index (χ0) is 16.8. The van der Waals surface area contributed by atoms with Crippen LogP contribution < -0.4 is 15.4 Å². The first-order chi connectivity index (χ1) is 11.0. The van der Waals surface area contributed by atoms with Crippen LogP contribution in [0.1, 0.15) is 21.1 Å². The first-order valence-electron chi connectivity index (χ1n) is 7.23. The molecule has 0 unspecified atom stereocenters. The zero-order valence-electron chi connectivity index (χ0n) is 14.1. The van der Waals surface area contributed by atoms with Crippen molar-refractivity contribution in [3.63, 3.8) is 0 Å². The maximum absolute atomic E-state index is 5.24. The highest BCUT2D eigenvalue weighted by atomic mass is 127. The van der Waals surface area contributed by atoms with E-state index in [-0.39, 0.29) is 24.0 Å². The average Bonchev–Trinajstić information content (AvgIpc) is 2.86. The highest BCUT2D eigenvalue weighted by molar-refractivity contribution is 14.0. The summed E-state index contributed by atoms with van der Waals surface area (Å²) in [7, 11) is 3.42. The number of thiazole rings is 1. The van der Waals surface area contributed by atoms with Gasteiger partial charge in [-0.3, -0.25) is 4.99 Å². The minimum Gasteiger partial charge on any atom is -0.496 e. The Morgan fingerprint density at radius 2 is 2.00 bits per heavy atom. The molecule has 1 heterocycles. The van der Waals surface area contributed by atoms with E-state index < -0.39 is 0 Å². The molecule has 0 fully saturated rings. The lowest BCUT2D eigenvalue weighted by Gasteiger charge is -2.12. The third-order valence-corrected chi connectivity index (χ3v) is 5.07. The summed E-state index contributed by atoms with van der Waals surface area (Å²) in [5, 5.41) is 7.65. The molecule has 0 amide bonds. The van der Waals surface area contributed by atoms with Gasteiger partial charge in [-0.25, -0.2) is 4.98 Å². The van der Waals surface area contributed by atoms with E-state index in [0.29, 0.717) is 13.1 Å². The van der Waals surface area contributed by atoms with Crippen molar-refractivity contribution in [2.45, 2.75) is 26.9 Å². The molecule has 0 aliphatic rings. The SMILES string of the molecule is CN=C(NCc1ccc(OC)c(Br)c1)NCc1nc(C)c(C)s1.I. The van der Waals surface area contributed by atoms with Crippen molar-refractivity contribution in [3.05, 3.63) is 43.8 Å². The summed E-state index contributed by atoms with van der Waals surface area (Å²) < 4.78 is 6.18. The van der Waals surface area contributed by atoms with Crippen LogP contribution in [0.5, 0.6) is 5.75 Å². The highest BCUT2D eigenvalue weighted by Crippen LogP contribution is 2.25. The predicted octanol–water partition coefficient (Wildman–Crippen LogP) is 4.01. The Balaban J connectivity index is 0.00000288. The van der Waals surface area contributed by atoms with Gasteiger partial charge >= 0.3 is 0 Å². The van der Waals surface area contributed by atoms with Crippen molar-refractivity contribution < 1.29 is 4.74 Å². The van der Waals surface area contributed by atoms with Crippen LogP contribution in [0, 0.1) is 13.8 Å². The topological polar surface area (TPSA) is 58.5 Å². The highest BCUT2D eigenvalue weighted by Gasteiger charge is 2.06. The summed E-state index contributed by atoms with van der Waals surface area (Å²) in [5.74, 6) is 1.58. The molecule has 5 nitrogen and oxygen atoms in total. The fraction of sp³-hybridized carbons (Fsp3) is 0.375. The fourth-order valence-corrected chi connectivity index (χ4v) is 3.46. The summed E-state index contributed by atoms with van der Waals surface area (Å²) >= 11 is 5.21. The van der Waals surface area contributed by atoms with Gasteiger partial charge in [-0.15, -0.1) is 35.3 Å². The normalized spacial score (nSPS) is 11.0. The number of nitrogens with zero attached hydrogens (tertiary/aromatic N) is 2. The molecule has 2 aromatic rings. The second kappa shape index (κ2) is 10.2. The van der Waals surface area contributed by atoms with Crippen molar-refractivity contribution in [2.24, 2.45) is 4.99 Å².